The van der Waals surface area contributed by atoms with E-state index < -0.39 is 18.7 Å². The van der Waals surface area contributed by atoms with Crippen molar-refractivity contribution in [3.63, 3.8) is 0 Å². The number of anilines is 1. The molecule has 0 spiro atoms. The Morgan fingerprint density at radius 3 is 2.91 bits per heavy atom. The molecule has 0 aliphatic rings. The van der Waals surface area contributed by atoms with Gasteiger partial charge < -0.3 is 15.0 Å². The zero-order valence-electron chi connectivity index (χ0n) is 11.8. The van der Waals surface area contributed by atoms with Crippen LogP contribution < -0.4 is 5.32 Å². The van der Waals surface area contributed by atoms with Crippen molar-refractivity contribution in [3.8, 4) is 0 Å². The molecule has 9 heteroatoms. The molecular formula is C13H15F3N4O2. The summed E-state index contributed by atoms with van der Waals surface area (Å²) in [5.74, 6) is -0.529. The lowest BCUT2D eigenvalue weighted by molar-refractivity contribution is -0.143. The highest BCUT2D eigenvalue weighted by molar-refractivity contribution is 5.93. The van der Waals surface area contributed by atoms with E-state index in [1.54, 1.807) is 19.2 Å². The first-order valence-electron chi connectivity index (χ1n) is 6.56. The highest BCUT2D eigenvalue weighted by Gasteiger charge is 2.29. The van der Waals surface area contributed by atoms with Crippen LogP contribution in [0.4, 0.5) is 18.9 Å². The summed E-state index contributed by atoms with van der Waals surface area (Å²) in [5, 5.41) is 6.55. The summed E-state index contributed by atoms with van der Waals surface area (Å²) in [6.07, 6.45) is -1.50. The van der Waals surface area contributed by atoms with Gasteiger partial charge in [0.05, 0.1) is 24.5 Å². The lowest BCUT2D eigenvalue weighted by Crippen LogP contribution is -2.21. The molecule has 2 rings (SSSR count). The fourth-order valence-electron chi connectivity index (χ4n) is 1.90. The van der Waals surface area contributed by atoms with Crippen LogP contribution in [0.25, 0.3) is 0 Å². The molecule has 0 saturated carbocycles. The number of carbonyl (C=O) groups is 1. The van der Waals surface area contributed by atoms with Gasteiger partial charge in [0.15, 0.2) is 0 Å². The third kappa shape index (κ3) is 4.03. The van der Waals surface area contributed by atoms with Gasteiger partial charge in [0.2, 0.25) is 0 Å². The molecule has 2 aromatic rings. The van der Waals surface area contributed by atoms with Gasteiger partial charge in [0, 0.05) is 12.4 Å². The number of esters is 1. The summed E-state index contributed by atoms with van der Waals surface area (Å²) in [6.45, 7) is 0.856. The van der Waals surface area contributed by atoms with Gasteiger partial charge in [0.25, 0.3) is 0 Å². The van der Waals surface area contributed by atoms with E-state index in [9.17, 15) is 18.0 Å². The number of nitrogens with one attached hydrogen (secondary N) is 2. The largest absolute Gasteiger partial charge is 0.461 e. The van der Waals surface area contributed by atoms with Crippen molar-refractivity contribution >= 4 is 11.7 Å². The summed E-state index contributed by atoms with van der Waals surface area (Å²) in [5.41, 5.74) is 1.04. The van der Waals surface area contributed by atoms with Crippen molar-refractivity contribution in [2.75, 3.05) is 11.9 Å². The Labute approximate surface area is 124 Å². The van der Waals surface area contributed by atoms with Crippen LogP contribution in [0.5, 0.6) is 0 Å². The average Bonchev–Trinajstić information content (AvgIpc) is 3.03. The van der Waals surface area contributed by atoms with Crippen LogP contribution in [0.15, 0.2) is 24.5 Å². The third-order valence-corrected chi connectivity index (χ3v) is 2.82. The summed E-state index contributed by atoms with van der Waals surface area (Å²) >= 11 is 0. The van der Waals surface area contributed by atoms with Crippen LogP contribution in [-0.2, 0) is 17.8 Å². The molecule has 120 valence electrons. The molecule has 0 aliphatic carbocycles. The lowest BCUT2D eigenvalue weighted by atomic mass is 10.3. The predicted molar refractivity (Wildman–Crippen MR) is 72.4 cm³/mol. The Morgan fingerprint density at radius 1 is 1.45 bits per heavy atom. The second kappa shape index (κ2) is 6.54. The maximum absolute atomic E-state index is 12.4. The first-order valence-corrected chi connectivity index (χ1v) is 6.56. The van der Waals surface area contributed by atoms with E-state index in [2.05, 4.69) is 15.4 Å². The molecule has 0 saturated heterocycles. The summed E-state index contributed by atoms with van der Waals surface area (Å²) < 4.78 is 43.0. The molecule has 0 fully saturated rings. The molecule has 2 aromatic heterocycles. The SMILES string of the molecule is CCOC(=O)c1[nH]ccc1NCc1ccnn1CC(F)(F)F. The van der Waals surface area contributed by atoms with Gasteiger partial charge >= 0.3 is 12.1 Å². The normalized spacial score (nSPS) is 11.5. The third-order valence-electron chi connectivity index (χ3n) is 2.82. The van der Waals surface area contributed by atoms with E-state index in [1.807, 2.05) is 0 Å². The number of carbonyl (C=O) groups excluding carboxylic acids is 1. The zero-order valence-corrected chi connectivity index (χ0v) is 11.8. The van der Waals surface area contributed by atoms with E-state index >= 15 is 0 Å². The van der Waals surface area contributed by atoms with Gasteiger partial charge in [-0.1, -0.05) is 0 Å². The highest BCUT2D eigenvalue weighted by atomic mass is 19.4. The van der Waals surface area contributed by atoms with Crippen LogP contribution in [0.1, 0.15) is 23.1 Å². The lowest BCUT2D eigenvalue weighted by Gasteiger charge is -2.11. The Kier molecular flexibility index (Phi) is 4.74. The number of H-pyrrole nitrogens is 1. The Bertz CT molecular complexity index is 633. The molecule has 0 aromatic carbocycles. The standard InChI is InChI=1S/C13H15F3N4O2/c1-2-22-12(21)11-10(4-5-17-11)18-7-9-3-6-19-20(9)8-13(14,15)16/h3-6,17-18H,2,7-8H2,1H3. The van der Waals surface area contributed by atoms with Crippen LogP contribution >= 0.6 is 0 Å². The molecule has 2 N–H and O–H groups in total. The molecule has 0 aliphatic heterocycles. The average molecular weight is 316 g/mol. The van der Waals surface area contributed by atoms with Gasteiger partial charge in [-0.15, -0.1) is 0 Å². The Morgan fingerprint density at radius 2 is 2.23 bits per heavy atom. The number of rotatable bonds is 6. The van der Waals surface area contributed by atoms with Gasteiger partial charge in [-0.2, -0.15) is 18.3 Å². The molecule has 0 unspecified atom stereocenters. The van der Waals surface area contributed by atoms with Crippen molar-refractivity contribution < 1.29 is 22.7 Å². The van der Waals surface area contributed by atoms with E-state index in [-0.39, 0.29) is 18.8 Å². The second-order valence-electron chi connectivity index (χ2n) is 4.44. The summed E-state index contributed by atoms with van der Waals surface area (Å²) in [4.78, 5) is 14.4. The number of halogens is 3. The summed E-state index contributed by atoms with van der Waals surface area (Å²) in [6, 6.07) is 3.09. The van der Waals surface area contributed by atoms with E-state index in [1.165, 1.54) is 12.3 Å². The van der Waals surface area contributed by atoms with Crippen LogP contribution in [-0.4, -0.2) is 33.5 Å². The van der Waals surface area contributed by atoms with Crippen molar-refractivity contribution in [3.05, 3.63) is 35.9 Å². The molecule has 22 heavy (non-hydrogen) atoms. The maximum Gasteiger partial charge on any atom is 0.408 e. The second-order valence-corrected chi connectivity index (χ2v) is 4.44. The van der Waals surface area contributed by atoms with Crippen molar-refractivity contribution in [1.29, 1.82) is 0 Å². The Hall–Kier alpha value is -2.45. The van der Waals surface area contributed by atoms with Crippen LogP contribution in [0, 0.1) is 0 Å². The zero-order chi connectivity index (χ0) is 16.2. The smallest absolute Gasteiger partial charge is 0.408 e. The Balaban J connectivity index is 2.04. The molecule has 0 amide bonds. The fourth-order valence-corrected chi connectivity index (χ4v) is 1.90. The number of alkyl halides is 3. The number of ether oxygens (including phenoxy) is 1. The number of hydrogen-bond acceptors (Lipinski definition) is 4. The quantitative estimate of drug-likeness (QED) is 0.804. The van der Waals surface area contributed by atoms with Crippen LogP contribution in [0.3, 0.4) is 0 Å². The molecule has 0 radical (unpaired) electrons. The van der Waals surface area contributed by atoms with Gasteiger partial charge in [-0.25, -0.2) is 4.79 Å². The van der Waals surface area contributed by atoms with Gasteiger partial charge in [-0.05, 0) is 19.1 Å². The van der Waals surface area contributed by atoms with Gasteiger partial charge in [-0.3, -0.25) is 4.68 Å². The molecule has 0 bridgehead atoms. The minimum absolute atomic E-state index is 0.0976. The van der Waals surface area contributed by atoms with E-state index in [4.69, 9.17) is 4.74 Å². The minimum atomic E-state index is -4.34. The summed E-state index contributed by atoms with van der Waals surface area (Å²) in [7, 11) is 0. The molecular weight excluding hydrogens is 301 g/mol. The van der Waals surface area contributed by atoms with E-state index in [0.717, 1.165) is 4.68 Å². The van der Waals surface area contributed by atoms with Crippen molar-refractivity contribution in [2.45, 2.75) is 26.2 Å². The van der Waals surface area contributed by atoms with Crippen molar-refractivity contribution in [2.24, 2.45) is 0 Å². The fraction of sp³-hybridized carbons (Fsp3) is 0.385. The number of aromatic amines is 1. The predicted octanol–water partition coefficient (Wildman–Crippen LogP) is 2.56. The molecule has 0 atom stereocenters. The van der Waals surface area contributed by atoms with Crippen molar-refractivity contribution in [1.82, 2.24) is 14.8 Å². The first kappa shape index (κ1) is 15.9. The topological polar surface area (TPSA) is 71.9 Å². The first-order chi connectivity index (χ1) is 10.4. The number of aromatic nitrogens is 3. The van der Waals surface area contributed by atoms with Crippen LogP contribution in [0.2, 0.25) is 0 Å². The van der Waals surface area contributed by atoms with E-state index in [0.29, 0.717) is 11.4 Å². The maximum atomic E-state index is 12.4. The molecule has 6 nitrogen and oxygen atoms in total. The number of hydrogen-bond donors (Lipinski definition) is 2. The van der Waals surface area contributed by atoms with Gasteiger partial charge in [0.1, 0.15) is 12.2 Å². The minimum Gasteiger partial charge on any atom is -0.461 e. The number of nitrogens with zero attached hydrogens (tertiary/aromatic N) is 2. The molecule has 2 heterocycles. The highest BCUT2D eigenvalue weighted by Crippen LogP contribution is 2.19. The monoisotopic (exact) mass is 316 g/mol.